The molecule has 0 aliphatic carbocycles. The number of nitrogens with zero attached hydrogens (tertiary/aromatic N) is 1. The number of aromatic amines is 1. The molecule has 1 heterocycles. The Morgan fingerprint density at radius 1 is 1.52 bits per heavy atom. The van der Waals surface area contributed by atoms with Crippen LogP contribution in [0, 0.1) is 11.3 Å². The molecule has 1 amide bonds. The molecule has 5 heteroatoms. The van der Waals surface area contributed by atoms with Crippen molar-refractivity contribution in [2.24, 2.45) is 0 Å². The number of carbonyl (C=O) groups excluding carboxylic acids is 1. The summed E-state index contributed by atoms with van der Waals surface area (Å²) in [6.07, 6.45) is 5.43. The number of nitrogens with one attached hydrogen (secondary N) is 2. The molecule has 2 rings (SSSR count). The van der Waals surface area contributed by atoms with Gasteiger partial charge in [0.2, 0.25) is 5.91 Å². The van der Waals surface area contributed by atoms with Crippen molar-refractivity contribution in [1.29, 1.82) is 5.26 Å². The largest absolute Gasteiger partial charge is 0.360 e. The molecular weight excluding hydrogens is 310 g/mol. The van der Waals surface area contributed by atoms with E-state index < -0.39 is 0 Å². The van der Waals surface area contributed by atoms with Crippen LogP contribution in [0.4, 0.5) is 5.69 Å². The second-order valence-corrected chi connectivity index (χ2v) is 5.29. The summed E-state index contributed by atoms with van der Waals surface area (Å²) in [5, 5.41) is 13.4. The fraction of sp³-hybridized carbons (Fsp3) is 0.111. The lowest BCUT2D eigenvalue weighted by atomic mass is 10.0. The number of benzene rings is 1. The Morgan fingerprint density at radius 3 is 2.91 bits per heavy atom. The molecular formula is C18H16ClN3O. The fourth-order valence-electron chi connectivity index (χ4n) is 2.15. The van der Waals surface area contributed by atoms with E-state index in [2.05, 4.69) is 16.9 Å². The van der Waals surface area contributed by atoms with Crippen molar-refractivity contribution >= 4 is 41.4 Å². The van der Waals surface area contributed by atoms with E-state index in [4.69, 9.17) is 16.9 Å². The van der Waals surface area contributed by atoms with Crippen molar-refractivity contribution in [1.82, 2.24) is 4.98 Å². The van der Waals surface area contributed by atoms with Crippen LogP contribution in [0.2, 0.25) is 5.02 Å². The highest BCUT2D eigenvalue weighted by atomic mass is 35.5. The summed E-state index contributed by atoms with van der Waals surface area (Å²) in [6.45, 7) is 5.84. The van der Waals surface area contributed by atoms with Crippen LogP contribution < -0.4 is 15.9 Å². The molecule has 1 aromatic heterocycles. The van der Waals surface area contributed by atoms with E-state index in [1.165, 1.54) is 0 Å². The van der Waals surface area contributed by atoms with E-state index in [-0.39, 0.29) is 12.3 Å². The third kappa shape index (κ3) is 4.12. The van der Waals surface area contributed by atoms with Gasteiger partial charge >= 0.3 is 0 Å². The maximum atomic E-state index is 11.5. The van der Waals surface area contributed by atoms with Gasteiger partial charge in [0.05, 0.1) is 11.1 Å². The van der Waals surface area contributed by atoms with Crippen LogP contribution in [0.5, 0.6) is 0 Å². The molecule has 0 atom stereocenters. The Morgan fingerprint density at radius 2 is 2.30 bits per heavy atom. The van der Waals surface area contributed by atoms with E-state index in [1.807, 2.05) is 43.3 Å². The zero-order valence-electron chi connectivity index (χ0n) is 12.7. The number of allylic oxidation sites excluding steroid dienone is 2. The van der Waals surface area contributed by atoms with Crippen molar-refractivity contribution in [3.05, 3.63) is 57.7 Å². The number of amides is 1. The highest BCUT2D eigenvalue weighted by molar-refractivity contribution is 6.30. The van der Waals surface area contributed by atoms with Crippen LogP contribution in [0.15, 0.2) is 36.5 Å². The van der Waals surface area contributed by atoms with E-state index in [0.29, 0.717) is 10.7 Å². The zero-order valence-corrected chi connectivity index (χ0v) is 13.4. The summed E-state index contributed by atoms with van der Waals surface area (Å²) in [5.74, 6) is -0.329. The predicted octanol–water partition coefficient (Wildman–Crippen LogP) is 2.81. The number of carbonyl (C=O) groups is 1. The SMILES string of the molecule is C=c1[nH]cc(Cl)/c1=C/C(=C\C)c1cccc(NC(=O)CC#N)c1. The van der Waals surface area contributed by atoms with Crippen molar-refractivity contribution in [2.45, 2.75) is 13.3 Å². The molecule has 0 saturated carbocycles. The standard InChI is InChI=1S/C18H16ClN3O/c1-3-13(10-16-12(2)21-11-17(16)19)14-5-4-6-15(9-14)22-18(23)7-8-20/h3-6,9-11,21H,2,7H2,1H3,(H,22,23)/b13-3+,16-10+. The molecule has 116 valence electrons. The molecule has 2 aromatic rings. The third-order valence-electron chi connectivity index (χ3n) is 3.29. The second-order valence-electron chi connectivity index (χ2n) is 4.88. The molecule has 1 aromatic carbocycles. The van der Waals surface area contributed by atoms with Crippen LogP contribution in [-0.4, -0.2) is 10.9 Å². The summed E-state index contributed by atoms with van der Waals surface area (Å²) in [7, 11) is 0. The van der Waals surface area contributed by atoms with E-state index in [9.17, 15) is 4.79 Å². The van der Waals surface area contributed by atoms with E-state index >= 15 is 0 Å². The summed E-state index contributed by atoms with van der Waals surface area (Å²) < 4.78 is 0. The number of hydrogen-bond donors (Lipinski definition) is 2. The van der Waals surface area contributed by atoms with Crippen molar-refractivity contribution < 1.29 is 4.79 Å². The Bertz CT molecular complexity index is 903. The van der Waals surface area contributed by atoms with Gasteiger partial charge in [0.15, 0.2) is 0 Å². The minimum absolute atomic E-state index is 0.170. The molecule has 0 fully saturated rings. The third-order valence-corrected chi connectivity index (χ3v) is 3.60. The first-order valence-corrected chi connectivity index (χ1v) is 7.40. The zero-order chi connectivity index (χ0) is 16.8. The number of anilines is 1. The molecule has 23 heavy (non-hydrogen) atoms. The maximum Gasteiger partial charge on any atom is 0.238 e. The highest BCUT2D eigenvalue weighted by Gasteiger charge is 2.04. The lowest BCUT2D eigenvalue weighted by Crippen LogP contribution is -2.21. The minimum Gasteiger partial charge on any atom is -0.360 e. The number of nitriles is 1. The average molecular weight is 326 g/mol. The molecule has 0 aliphatic rings. The van der Waals surface area contributed by atoms with E-state index in [0.717, 1.165) is 21.7 Å². The number of H-pyrrole nitrogens is 1. The van der Waals surface area contributed by atoms with Crippen molar-refractivity contribution in [2.75, 3.05) is 5.32 Å². The van der Waals surface area contributed by atoms with Crippen LogP contribution in [0.3, 0.4) is 0 Å². The van der Waals surface area contributed by atoms with Gasteiger partial charge in [0.1, 0.15) is 6.42 Å². The highest BCUT2D eigenvalue weighted by Crippen LogP contribution is 2.20. The Hall–Kier alpha value is -2.77. The molecule has 2 N–H and O–H groups in total. The first-order chi connectivity index (χ1) is 11.0. The topological polar surface area (TPSA) is 68.7 Å². The average Bonchev–Trinajstić information content (AvgIpc) is 2.84. The Kier molecular flexibility index (Phi) is 5.40. The summed E-state index contributed by atoms with van der Waals surface area (Å²) in [4.78, 5) is 14.5. The Labute approximate surface area is 139 Å². The van der Waals surface area contributed by atoms with Gasteiger partial charge in [0.25, 0.3) is 0 Å². The minimum atomic E-state index is -0.329. The summed E-state index contributed by atoms with van der Waals surface area (Å²) in [5.41, 5.74) is 2.53. The van der Waals surface area contributed by atoms with Gasteiger partial charge in [-0.2, -0.15) is 5.26 Å². The molecule has 4 nitrogen and oxygen atoms in total. The first kappa shape index (κ1) is 16.6. The smallest absolute Gasteiger partial charge is 0.238 e. The predicted molar refractivity (Wildman–Crippen MR) is 94.0 cm³/mol. The van der Waals surface area contributed by atoms with Gasteiger partial charge in [-0.1, -0.05) is 36.4 Å². The molecule has 0 bridgehead atoms. The quantitative estimate of drug-likeness (QED) is 0.907. The summed E-state index contributed by atoms with van der Waals surface area (Å²) in [6, 6.07) is 9.24. The number of aromatic nitrogens is 1. The van der Waals surface area contributed by atoms with Crippen molar-refractivity contribution in [3.63, 3.8) is 0 Å². The van der Waals surface area contributed by atoms with Gasteiger partial charge < -0.3 is 10.3 Å². The molecule has 0 unspecified atom stereocenters. The van der Waals surface area contributed by atoms with Crippen LogP contribution in [0.25, 0.3) is 18.2 Å². The van der Waals surface area contributed by atoms with E-state index in [1.54, 1.807) is 12.3 Å². The lowest BCUT2D eigenvalue weighted by Gasteiger charge is -2.07. The van der Waals surface area contributed by atoms with Gasteiger partial charge in [0, 0.05) is 22.5 Å². The molecule has 0 spiro atoms. The Balaban J connectivity index is 2.37. The number of halogens is 1. The summed E-state index contributed by atoms with van der Waals surface area (Å²) >= 11 is 6.15. The van der Waals surface area contributed by atoms with Crippen LogP contribution in [0.1, 0.15) is 18.9 Å². The van der Waals surface area contributed by atoms with Gasteiger partial charge in [-0.3, -0.25) is 4.79 Å². The van der Waals surface area contributed by atoms with Gasteiger partial charge in [-0.05, 0) is 36.3 Å². The van der Waals surface area contributed by atoms with Crippen molar-refractivity contribution in [3.8, 4) is 6.07 Å². The van der Waals surface area contributed by atoms with Crippen LogP contribution in [-0.2, 0) is 4.79 Å². The fourth-order valence-corrected chi connectivity index (χ4v) is 2.37. The monoisotopic (exact) mass is 325 g/mol. The van der Waals surface area contributed by atoms with Gasteiger partial charge in [-0.15, -0.1) is 0 Å². The van der Waals surface area contributed by atoms with Gasteiger partial charge in [-0.25, -0.2) is 0 Å². The van der Waals surface area contributed by atoms with Crippen LogP contribution >= 0.6 is 11.6 Å². The molecule has 0 aliphatic heterocycles. The molecule has 0 radical (unpaired) electrons. The second kappa shape index (κ2) is 7.48. The first-order valence-electron chi connectivity index (χ1n) is 7.02. The normalized spacial score (nSPS) is 12.0. The maximum absolute atomic E-state index is 11.5. The number of rotatable bonds is 4. The molecule has 0 saturated heterocycles. The number of hydrogen-bond acceptors (Lipinski definition) is 2. The lowest BCUT2D eigenvalue weighted by molar-refractivity contribution is -0.115.